The first kappa shape index (κ1) is 33.0. The lowest BCUT2D eigenvalue weighted by Gasteiger charge is -2.36. The van der Waals surface area contributed by atoms with Crippen LogP contribution in [0.3, 0.4) is 0 Å². The maximum absolute atomic E-state index is 12.5. The largest absolute Gasteiger partial charge is 0.467 e. The minimum Gasteiger partial charge on any atom is -0.467 e. The van der Waals surface area contributed by atoms with E-state index >= 15 is 0 Å². The molecule has 0 radical (unpaired) electrons. The number of fused-ring (bicyclic) bond motifs is 3. The van der Waals surface area contributed by atoms with Gasteiger partial charge >= 0.3 is 6.09 Å². The molecule has 2 saturated heterocycles. The third kappa shape index (κ3) is 7.13. The van der Waals surface area contributed by atoms with Crippen molar-refractivity contribution in [2.24, 2.45) is 5.92 Å². The Morgan fingerprint density at radius 2 is 1.80 bits per heavy atom. The van der Waals surface area contributed by atoms with Crippen molar-refractivity contribution in [1.82, 2.24) is 34.9 Å². The number of nitrogens with zero attached hydrogens (tertiary/aromatic N) is 8. The van der Waals surface area contributed by atoms with E-state index in [9.17, 15) is 4.79 Å². The van der Waals surface area contributed by atoms with Gasteiger partial charge in [-0.1, -0.05) is 12.1 Å². The molecule has 6 heterocycles. The van der Waals surface area contributed by atoms with Gasteiger partial charge in [0.1, 0.15) is 11.4 Å². The molecule has 2 atom stereocenters. The number of aromatic amines is 1. The molecule has 0 aliphatic carbocycles. The number of para-hydroxylation sites is 1. The standard InChI is InChI=1S/C36H47N9O4/c1-24-32-28-18-30(27-8-6-7-9-31(27)48-23-47-5)40-41-33(28)39-29(32)11-13-45(24)34-37-19-26(20-38-34)44-12-10-25(22-44)21-42-14-16-43(17-15-42)35(46)49-36(2,3)4/h6-9,18-20,24-25H,10-17,21-23H2,1-5H3,(H,39,41)/t24-,25?/m1/s1. The van der Waals surface area contributed by atoms with Gasteiger partial charge in [-0.3, -0.25) is 4.90 Å². The second-order valence-corrected chi connectivity index (χ2v) is 14.3. The molecule has 1 aromatic carbocycles. The summed E-state index contributed by atoms with van der Waals surface area (Å²) < 4.78 is 16.5. The van der Waals surface area contributed by atoms with E-state index in [1.165, 1.54) is 11.3 Å². The number of rotatable bonds is 8. The van der Waals surface area contributed by atoms with Gasteiger partial charge in [0.25, 0.3) is 0 Å². The zero-order valence-corrected chi connectivity index (χ0v) is 29.2. The maximum Gasteiger partial charge on any atom is 0.410 e. The average molecular weight is 670 g/mol. The summed E-state index contributed by atoms with van der Waals surface area (Å²) in [7, 11) is 1.61. The molecule has 1 unspecified atom stereocenters. The highest BCUT2D eigenvalue weighted by Crippen LogP contribution is 2.38. The van der Waals surface area contributed by atoms with E-state index in [4.69, 9.17) is 24.2 Å². The van der Waals surface area contributed by atoms with Crippen LogP contribution in [-0.4, -0.2) is 113 Å². The molecule has 2 fully saturated rings. The molecule has 7 rings (SSSR count). The van der Waals surface area contributed by atoms with E-state index in [0.717, 1.165) is 86.0 Å². The minimum atomic E-state index is -0.467. The van der Waals surface area contributed by atoms with Crippen molar-refractivity contribution < 1.29 is 19.0 Å². The quantitative estimate of drug-likeness (QED) is 0.258. The van der Waals surface area contributed by atoms with Crippen molar-refractivity contribution in [3.05, 3.63) is 54.0 Å². The van der Waals surface area contributed by atoms with Crippen LogP contribution in [0.2, 0.25) is 0 Å². The molecule has 49 heavy (non-hydrogen) atoms. The van der Waals surface area contributed by atoms with Crippen molar-refractivity contribution in [1.29, 1.82) is 0 Å². The predicted octanol–water partition coefficient (Wildman–Crippen LogP) is 4.90. The Kier molecular flexibility index (Phi) is 9.29. The maximum atomic E-state index is 12.5. The van der Waals surface area contributed by atoms with Gasteiger partial charge in [0.05, 0.1) is 29.8 Å². The molecular formula is C36H47N9O4. The smallest absolute Gasteiger partial charge is 0.410 e. The number of benzene rings is 1. The van der Waals surface area contributed by atoms with Crippen LogP contribution in [0, 0.1) is 5.92 Å². The Bertz CT molecular complexity index is 1760. The molecule has 0 bridgehead atoms. The van der Waals surface area contributed by atoms with Gasteiger partial charge < -0.3 is 33.9 Å². The lowest BCUT2D eigenvalue weighted by Crippen LogP contribution is -2.51. The van der Waals surface area contributed by atoms with E-state index < -0.39 is 5.60 Å². The number of hydrogen-bond acceptors (Lipinski definition) is 11. The fourth-order valence-electron chi connectivity index (χ4n) is 7.30. The van der Waals surface area contributed by atoms with E-state index in [0.29, 0.717) is 24.8 Å². The monoisotopic (exact) mass is 669 g/mol. The highest BCUT2D eigenvalue weighted by molar-refractivity contribution is 5.86. The number of ether oxygens (including phenoxy) is 3. The molecule has 260 valence electrons. The number of anilines is 2. The molecule has 0 saturated carbocycles. The van der Waals surface area contributed by atoms with Crippen LogP contribution < -0.4 is 14.5 Å². The molecule has 3 aliphatic heterocycles. The number of carbonyl (C=O) groups excluding carboxylic acids is 1. The summed E-state index contributed by atoms with van der Waals surface area (Å²) in [5.41, 5.74) is 5.38. The zero-order chi connectivity index (χ0) is 34.1. The van der Waals surface area contributed by atoms with Crippen molar-refractivity contribution in [2.75, 3.05) is 76.1 Å². The Balaban J connectivity index is 0.985. The first-order valence-electron chi connectivity index (χ1n) is 17.3. The normalized spacial score (nSPS) is 20.1. The Morgan fingerprint density at radius 3 is 2.55 bits per heavy atom. The van der Waals surface area contributed by atoms with Crippen LogP contribution in [0.15, 0.2) is 42.7 Å². The van der Waals surface area contributed by atoms with Crippen LogP contribution in [0.4, 0.5) is 16.4 Å². The fourth-order valence-corrected chi connectivity index (χ4v) is 7.30. The Labute approximate surface area is 287 Å². The second kappa shape index (κ2) is 13.8. The second-order valence-electron chi connectivity index (χ2n) is 14.3. The lowest BCUT2D eigenvalue weighted by atomic mass is 9.97. The number of methoxy groups -OCH3 is 1. The van der Waals surface area contributed by atoms with Gasteiger partial charge in [-0.15, -0.1) is 10.2 Å². The highest BCUT2D eigenvalue weighted by Gasteiger charge is 2.32. The molecule has 3 aliphatic rings. The van der Waals surface area contributed by atoms with Crippen molar-refractivity contribution in [3.8, 4) is 17.0 Å². The van der Waals surface area contributed by atoms with E-state index in [1.807, 2.05) is 62.3 Å². The number of nitrogens with one attached hydrogen (secondary N) is 1. The Hall–Kier alpha value is -4.49. The van der Waals surface area contributed by atoms with Crippen LogP contribution in [0.5, 0.6) is 5.75 Å². The number of H-pyrrole nitrogens is 1. The number of amides is 1. The third-order valence-electron chi connectivity index (χ3n) is 9.73. The molecular weight excluding hydrogens is 622 g/mol. The van der Waals surface area contributed by atoms with Crippen LogP contribution in [0.1, 0.15) is 51.4 Å². The predicted molar refractivity (Wildman–Crippen MR) is 188 cm³/mol. The summed E-state index contributed by atoms with van der Waals surface area (Å²) in [6, 6.07) is 9.96. The summed E-state index contributed by atoms with van der Waals surface area (Å²) in [5, 5.41) is 10.1. The number of hydrogen-bond donors (Lipinski definition) is 1. The summed E-state index contributed by atoms with van der Waals surface area (Å²) in [6.07, 6.45) is 5.71. The first-order valence-corrected chi connectivity index (χ1v) is 17.3. The molecule has 1 N–H and O–H groups in total. The lowest BCUT2D eigenvalue weighted by molar-refractivity contribution is 0.0135. The molecule has 0 spiro atoms. The zero-order valence-electron chi connectivity index (χ0n) is 29.2. The summed E-state index contributed by atoms with van der Waals surface area (Å²) >= 11 is 0. The van der Waals surface area contributed by atoms with Gasteiger partial charge in [-0.25, -0.2) is 14.8 Å². The van der Waals surface area contributed by atoms with Gasteiger partial charge in [-0.2, -0.15) is 0 Å². The van der Waals surface area contributed by atoms with Gasteiger partial charge in [0.15, 0.2) is 12.4 Å². The molecule has 3 aromatic heterocycles. The fraction of sp³-hybridized carbons (Fsp3) is 0.528. The van der Waals surface area contributed by atoms with E-state index in [2.05, 4.69) is 42.9 Å². The van der Waals surface area contributed by atoms with Crippen LogP contribution in [0.25, 0.3) is 22.3 Å². The van der Waals surface area contributed by atoms with Crippen LogP contribution >= 0.6 is 0 Å². The molecule has 13 nitrogen and oxygen atoms in total. The third-order valence-corrected chi connectivity index (χ3v) is 9.73. The summed E-state index contributed by atoms with van der Waals surface area (Å²) in [5.74, 6) is 2.00. The number of carbonyl (C=O) groups is 1. The Morgan fingerprint density at radius 1 is 1.02 bits per heavy atom. The van der Waals surface area contributed by atoms with Crippen molar-refractivity contribution in [3.63, 3.8) is 0 Å². The minimum absolute atomic E-state index is 0.0485. The van der Waals surface area contributed by atoms with Gasteiger partial charge in [0, 0.05) is 88.1 Å². The topological polar surface area (TPSA) is 125 Å². The van der Waals surface area contributed by atoms with E-state index in [-0.39, 0.29) is 18.9 Å². The number of aromatic nitrogens is 5. The summed E-state index contributed by atoms with van der Waals surface area (Å²) in [6.45, 7) is 15.1. The average Bonchev–Trinajstić information content (AvgIpc) is 3.72. The first-order chi connectivity index (χ1) is 23.7. The van der Waals surface area contributed by atoms with Crippen LogP contribution in [-0.2, 0) is 15.9 Å². The molecule has 4 aromatic rings. The summed E-state index contributed by atoms with van der Waals surface area (Å²) in [4.78, 5) is 34.7. The van der Waals surface area contributed by atoms with E-state index in [1.54, 1.807) is 7.11 Å². The van der Waals surface area contributed by atoms with Crippen molar-refractivity contribution >= 4 is 28.8 Å². The van der Waals surface area contributed by atoms with Gasteiger partial charge in [0.2, 0.25) is 5.95 Å². The molecule has 1 amide bonds. The van der Waals surface area contributed by atoms with Gasteiger partial charge in [-0.05, 0) is 58.2 Å². The highest BCUT2D eigenvalue weighted by atomic mass is 16.7. The SMILES string of the molecule is COCOc1ccccc1-c1cc2c3c([nH]c2nn1)CCN(c1ncc(N2CCC(CN4CCN(C(=O)OC(C)(C)C)CC4)C2)cn1)[C@@H]3C. The van der Waals surface area contributed by atoms with Crippen molar-refractivity contribution in [2.45, 2.75) is 52.2 Å². The number of piperazine rings is 1. The molecule has 13 heteroatoms.